The summed E-state index contributed by atoms with van der Waals surface area (Å²) in [6.07, 6.45) is -4.81. The number of carbonyl (C=O) groups is 2. The summed E-state index contributed by atoms with van der Waals surface area (Å²) in [7, 11) is 0. The van der Waals surface area contributed by atoms with E-state index in [9.17, 15) is 31.5 Å². The Labute approximate surface area is 180 Å². The van der Waals surface area contributed by atoms with Crippen molar-refractivity contribution in [1.82, 2.24) is 9.80 Å². The van der Waals surface area contributed by atoms with E-state index >= 15 is 0 Å². The van der Waals surface area contributed by atoms with E-state index in [-0.39, 0.29) is 55.6 Å². The molecule has 0 saturated carbocycles. The summed E-state index contributed by atoms with van der Waals surface area (Å²) in [5.41, 5.74) is 0.523. The van der Waals surface area contributed by atoms with Crippen LogP contribution in [0.1, 0.15) is 15.9 Å². The number of piperazine rings is 1. The van der Waals surface area contributed by atoms with Gasteiger partial charge in [0.05, 0.1) is 12.0 Å². The van der Waals surface area contributed by atoms with E-state index in [0.717, 1.165) is 12.1 Å². The van der Waals surface area contributed by atoms with E-state index in [1.807, 2.05) is 0 Å². The highest BCUT2D eigenvalue weighted by Gasteiger charge is 2.31. The number of hydrogen-bond donors (Lipinski definition) is 0. The van der Waals surface area contributed by atoms with Crippen LogP contribution < -0.4 is 9.47 Å². The molecule has 1 fully saturated rings. The summed E-state index contributed by atoms with van der Waals surface area (Å²) in [5.74, 6) is -1.32. The van der Waals surface area contributed by atoms with Crippen LogP contribution in [0, 0.1) is 0 Å². The summed E-state index contributed by atoms with van der Waals surface area (Å²) in [5, 5.41) is 0. The average molecular weight is 458 g/mol. The summed E-state index contributed by atoms with van der Waals surface area (Å²) in [6, 6.07) is 10.7. The van der Waals surface area contributed by atoms with Gasteiger partial charge in [0.15, 0.2) is 0 Å². The van der Waals surface area contributed by atoms with Gasteiger partial charge in [-0.2, -0.15) is 8.78 Å². The maximum Gasteiger partial charge on any atom is 0.573 e. The molecule has 1 aliphatic heterocycles. The van der Waals surface area contributed by atoms with Gasteiger partial charge in [0, 0.05) is 26.2 Å². The van der Waals surface area contributed by atoms with Crippen molar-refractivity contribution >= 4 is 11.8 Å². The first-order chi connectivity index (χ1) is 15.1. The van der Waals surface area contributed by atoms with Crippen molar-refractivity contribution < 1.29 is 41.0 Å². The average Bonchev–Trinajstić information content (AvgIpc) is 2.74. The van der Waals surface area contributed by atoms with Crippen LogP contribution in [0.4, 0.5) is 22.0 Å². The summed E-state index contributed by atoms with van der Waals surface area (Å²) < 4.78 is 70.0. The first-order valence-electron chi connectivity index (χ1n) is 9.58. The van der Waals surface area contributed by atoms with Crippen molar-refractivity contribution in [3.63, 3.8) is 0 Å². The van der Waals surface area contributed by atoms with Gasteiger partial charge in [0.1, 0.15) is 11.5 Å². The van der Waals surface area contributed by atoms with Crippen LogP contribution in [0.15, 0.2) is 48.5 Å². The van der Waals surface area contributed by atoms with Crippen LogP contribution in [0.25, 0.3) is 0 Å². The summed E-state index contributed by atoms with van der Waals surface area (Å²) >= 11 is 0. The third kappa shape index (κ3) is 6.32. The number of hydrogen-bond acceptors (Lipinski definition) is 4. The molecule has 1 aliphatic rings. The Bertz CT molecular complexity index is 942. The molecule has 0 unspecified atom stereocenters. The number of carbonyl (C=O) groups excluding carboxylic acids is 2. The Morgan fingerprint density at radius 3 is 2.09 bits per heavy atom. The monoisotopic (exact) mass is 458 g/mol. The van der Waals surface area contributed by atoms with E-state index in [1.54, 1.807) is 0 Å². The molecule has 0 spiro atoms. The Morgan fingerprint density at radius 1 is 0.906 bits per heavy atom. The van der Waals surface area contributed by atoms with Crippen molar-refractivity contribution in [3.8, 4) is 11.5 Å². The van der Waals surface area contributed by atoms with Gasteiger partial charge in [-0.25, -0.2) is 0 Å². The number of ether oxygens (including phenoxy) is 2. The largest absolute Gasteiger partial charge is 0.573 e. The third-order valence-corrected chi connectivity index (χ3v) is 4.77. The molecule has 2 aromatic rings. The molecule has 172 valence electrons. The van der Waals surface area contributed by atoms with Gasteiger partial charge >= 0.3 is 13.0 Å². The van der Waals surface area contributed by atoms with Crippen molar-refractivity contribution in [1.29, 1.82) is 0 Å². The van der Waals surface area contributed by atoms with Crippen LogP contribution in [-0.2, 0) is 11.2 Å². The number of benzene rings is 2. The molecule has 32 heavy (non-hydrogen) atoms. The molecule has 3 rings (SSSR count). The number of amides is 2. The second-order valence-corrected chi connectivity index (χ2v) is 6.92. The number of rotatable bonds is 6. The molecule has 11 heteroatoms. The maximum atomic E-state index is 12.7. The topological polar surface area (TPSA) is 59.1 Å². The lowest BCUT2D eigenvalue weighted by atomic mass is 10.1. The quantitative estimate of drug-likeness (QED) is 0.620. The highest BCUT2D eigenvalue weighted by atomic mass is 19.4. The van der Waals surface area contributed by atoms with Crippen molar-refractivity contribution in [2.24, 2.45) is 0 Å². The number of halogens is 5. The second kappa shape index (κ2) is 9.84. The fourth-order valence-electron chi connectivity index (χ4n) is 3.27. The van der Waals surface area contributed by atoms with E-state index in [1.165, 1.54) is 46.2 Å². The van der Waals surface area contributed by atoms with Crippen molar-refractivity contribution in [2.75, 3.05) is 26.2 Å². The fourth-order valence-corrected chi connectivity index (χ4v) is 3.27. The van der Waals surface area contributed by atoms with Gasteiger partial charge < -0.3 is 19.3 Å². The smallest absolute Gasteiger partial charge is 0.434 e. The van der Waals surface area contributed by atoms with Crippen LogP contribution in [0.3, 0.4) is 0 Å². The minimum absolute atomic E-state index is 0.00809. The van der Waals surface area contributed by atoms with Crippen LogP contribution >= 0.6 is 0 Å². The third-order valence-electron chi connectivity index (χ3n) is 4.77. The zero-order chi connectivity index (χ0) is 23.3. The number of alkyl halides is 5. The lowest BCUT2D eigenvalue weighted by Gasteiger charge is -2.35. The molecular formula is C21H19F5N2O4. The molecule has 0 atom stereocenters. The van der Waals surface area contributed by atoms with Gasteiger partial charge in [-0.05, 0) is 29.8 Å². The minimum Gasteiger partial charge on any atom is -0.434 e. The van der Waals surface area contributed by atoms with E-state index in [0.29, 0.717) is 5.56 Å². The Balaban J connectivity index is 1.54. The van der Waals surface area contributed by atoms with E-state index in [4.69, 9.17) is 0 Å². The molecule has 0 bridgehead atoms. The number of para-hydroxylation sites is 1. The van der Waals surface area contributed by atoms with E-state index in [2.05, 4.69) is 9.47 Å². The molecule has 1 heterocycles. The lowest BCUT2D eigenvalue weighted by Crippen LogP contribution is -2.51. The maximum absolute atomic E-state index is 12.7. The van der Waals surface area contributed by atoms with Crippen molar-refractivity contribution in [3.05, 3.63) is 59.7 Å². The predicted molar refractivity (Wildman–Crippen MR) is 102 cm³/mol. The molecule has 2 aromatic carbocycles. The summed E-state index contributed by atoms with van der Waals surface area (Å²) in [6.45, 7) is -2.19. The molecule has 2 amide bonds. The van der Waals surface area contributed by atoms with Gasteiger partial charge in [0.2, 0.25) is 5.91 Å². The van der Waals surface area contributed by atoms with E-state index < -0.39 is 18.9 Å². The zero-order valence-corrected chi connectivity index (χ0v) is 16.6. The van der Waals surface area contributed by atoms with Crippen LogP contribution in [0.2, 0.25) is 0 Å². The molecule has 0 N–H and O–H groups in total. The molecule has 0 aliphatic carbocycles. The zero-order valence-electron chi connectivity index (χ0n) is 16.6. The highest BCUT2D eigenvalue weighted by molar-refractivity contribution is 5.97. The molecule has 0 aromatic heterocycles. The van der Waals surface area contributed by atoms with Gasteiger partial charge in [-0.1, -0.05) is 24.3 Å². The fraction of sp³-hybridized carbons (Fsp3) is 0.333. The van der Waals surface area contributed by atoms with Gasteiger partial charge in [-0.3, -0.25) is 9.59 Å². The van der Waals surface area contributed by atoms with Crippen LogP contribution in [0.5, 0.6) is 11.5 Å². The van der Waals surface area contributed by atoms with Crippen molar-refractivity contribution in [2.45, 2.75) is 19.4 Å². The summed E-state index contributed by atoms with van der Waals surface area (Å²) in [4.78, 5) is 28.2. The SMILES string of the molecule is O=C(Cc1ccc(OC(F)(F)F)cc1)N1CCN(C(=O)c2ccccc2OC(F)F)CC1. The highest BCUT2D eigenvalue weighted by Crippen LogP contribution is 2.24. The first kappa shape index (κ1) is 23.3. The van der Waals surface area contributed by atoms with Gasteiger partial charge in [0.25, 0.3) is 5.91 Å². The Morgan fingerprint density at radius 2 is 1.50 bits per heavy atom. The first-order valence-corrected chi connectivity index (χ1v) is 9.58. The predicted octanol–water partition coefficient (Wildman–Crippen LogP) is 3.71. The Kier molecular flexibility index (Phi) is 7.16. The Hall–Kier alpha value is -3.37. The minimum atomic E-state index is -4.79. The van der Waals surface area contributed by atoms with Gasteiger partial charge in [-0.15, -0.1) is 13.2 Å². The van der Waals surface area contributed by atoms with Crippen LogP contribution in [-0.4, -0.2) is 60.8 Å². The molecular weight excluding hydrogens is 439 g/mol. The number of nitrogens with zero attached hydrogens (tertiary/aromatic N) is 2. The molecule has 0 radical (unpaired) electrons. The molecule has 1 saturated heterocycles. The normalized spacial score (nSPS) is 14.4. The molecule has 6 nitrogen and oxygen atoms in total. The standard InChI is InChI=1S/C21H19F5N2O4/c22-20(23)31-17-4-2-1-3-16(17)19(30)28-11-9-27(10-12-28)18(29)13-14-5-7-15(8-6-14)32-21(24,25)26/h1-8,20H,9-13H2. The second-order valence-electron chi connectivity index (χ2n) is 6.92. The lowest BCUT2D eigenvalue weighted by molar-refractivity contribution is -0.274.